The molecule has 0 spiro atoms. The number of hydrogen-bond acceptors (Lipinski definition) is 4. The Morgan fingerprint density at radius 2 is 2.05 bits per heavy atom. The van der Waals surface area contributed by atoms with Crippen molar-refractivity contribution in [1.29, 1.82) is 0 Å². The van der Waals surface area contributed by atoms with Crippen molar-refractivity contribution in [2.45, 2.75) is 32.7 Å². The number of hydrogen-bond donors (Lipinski definition) is 3. The predicted octanol–water partition coefficient (Wildman–Crippen LogP) is 2.41. The minimum atomic E-state index is -1.34. The van der Waals surface area contributed by atoms with Gasteiger partial charge in [0.1, 0.15) is 11.3 Å². The first-order valence-corrected chi connectivity index (χ1v) is 7.32. The van der Waals surface area contributed by atoms with Crippen molar-refractivity contribution in [3.63, 3.8) is 0 Å². The summed E-state index contributed by atoms with van der Waals surface area (Å²) in [6, 6.07) is 3.06. The first-order chi connectivity index (χ1) is 9.75. The average molecular weight is 359 g/mol. The van der Waals surface area contributed by atoms with E-state index in [2.05, 4.69) is 21.2 Å². The first-order valence-electron chi connectivity index (χ1n) is 6.52. The Labute approximate surface area is 131 Å². The molecule has 1 aromatic rings. The number of aliphatic carboxylic acids is 1. The summed E-state index contributed by atoms with van der Waals surface area (Å²) < 4.78 is 5.94. The highest BCUT2D eigenvalue weighted by atomic mass is 79.9. The fourth-order valence-corrected chi connectivity index (χ4v) is 1.98. The van der Waals surface area contributed by atoms with Gasteiger partial charge in [0.2, 0.25) is 0 Å². The molecule has 116 valence electrons. The zero-order valence-corrected chi connectivity index (χ0v) is 13.8. The van der Waals surface area contributed by atoms with Gasteiger partial charge in [0.25, 0.3) is 5.91 Å². The number of benzene rings is 1. The topological polar surface area (TPSA) is 102 Å². The number of nitrogens with one attached hydrogen (secondary N) is 1. The van der Waals surface area contributed by atoms with Crippen LogP contribution in [0.1, 0.15) is 37.6 Å². The second kappa shape index (κ2) is 6.80. The fourth-order valence-electron chi connectivity index (χ4n) is 1.63. The van der Waals surface area contributed by atoms with Crippen LogP contribution in [0, 0.1) is 0 Å². The summed E-state index contributed by atoms with van der Waals surface area (Å²) in [5, 5.41) is 11.7. The lowest BCUT2D eigenvalue weighted by Crippen LogP contribution is -2.51. The maximum Gasteiger partial charge on any atom is 0.329 e. The van der Waals surface area contributed by atoms with Crippen molar-refractivity contribution in [2.24, 2.45) is 0 Å². The van der Waals surface area contributed by atoms with Crippen molar-refractivity contribution in [3.05, 3.63) is 22.2 Å². The highest BCUT2D eigenvalue weighted by Crippen LogP contribution is 2.30. The van der Waals surface area contributed by atoms with Gasteiger partial charge in [0, 0.05) is 16.2 Å². The minimum Gasteiger partial charge on any atom is -0.493 e. The van der Waals surface area contributed by atoms with Crippen LogP contribution in [0.15, 0.2) is 16.6 Å². The highest BCUT2D eigenvalue weighted by Gasteiger charge is 2.33. The Morgan fingerprint density at radius 3 is 2.52 bits per heavy atom. The van der Waals surface area contributed by atoms with Crippen molar-refractivity contribution >= 4 is 33.5 Å². The fraction of sp³-hybridized carbons (Fsp3) is 0.429. The van der Waals surface area contributed by atoms with Gasteiger partial charge in [-0.1, -0.05) is 6.92 Å². The monoisotopic (exact) mass is 358 g/mol. The van der Waals surface area contributed by atoms with E-state index in [9.17, 15) is 14.7 Å². The Morgan fingerprint density at radius 1 is 1.43 bits per heavy atom. The number of nitrogens with two attached hydrogens (primary N) is 1. The zero-order valence-electron chi connectivity index (χ0n) is 12.2. The normalized spacial score (nSPS) is 13.3. The third-order valence-corrected chi connectivity index (χ3v) is 3.90. The van der Waals surface area contributed by atoms with Gasteiger partial charge in [0.05, 0.1) is 12.2 Å². The van der Waals surface area contributed by atoms with Crippen LogP contribution in [0.3, 0.4) is 0 Å². The molecule has 0 bridgehead atoms. The van der Waals surface area contributed by atoms with Gasteiger partial charge in [-0.05, 0) is 42.3 Å². The molecule has 7 heteroatoms. The molecule has 4 N–H and O–H groups in total. The van der Waals surface area contributed by atoms with Gasteiger partial charge >= 0.3 is 5.97 Å². The van der Waals surface area contributed by atoms with E-state index in [-0.39, 0.29) is 12.0 Å². The quantitative estimate of drug-likeness (QED) is 0.677. The molecule has 6 nitrogen and oxygen atoms in total. The summed E-state index contributed by atoms with van der Waals surface area (Å²) in [5.74, 6) is -1.30. The molecule has 0 aliphatic rings. The lowest BCUT2D eigenvalue weighted by atomic mass is 9.98. The maximum absolute atomic E-state index is 12.4. The summed E-state index contributed by atoms with van der Waals surface area (Å²) in [4.78, 5) is 23.6. The van der Waals surface area contributed by atoms with E-state index in [0.29, 0.717) is 22.5 Å². The molecule has 1 unspecified atom stereocenters. The molecule has 21 heavy (non-hydrogen) atoms. The summed E-state index contributed by atoms with van der Waals surface area (Å²) in [6.45, 7) is 5.30. The Balaban J connectivity index is 3.17. The Bertz CT molecular complexity index is 562. The molecular formula is C14H19BrN2O4. The van der Waals surface area contributed by atoms with Gasteiger partial charge in [-0.3, -0.25) is 4.79 Å². The van der Waals surface area contributed by atoms with Crippen LogP contribution in [-0.2, 0) is 4.79 Å². The molecule has 1 atom stereocenters. The molecule has 0 saturated heterocycles. The predicted molar refractivity (Wildman–Crippen MR) is 83.5 cm³/mol. The van der Waals surface area contributed by atoms with Gasteiger partial charge in [-0.2, -0.15) is 0 Å². The van der Waals surface area contributed by atoms with Crippen LogP contribution in [0.5, 0.6) is 5.75 Å². The third kappa shape index (κ3) is 3.87. The Kier molecular flexibility index (Phi) is 5.60. The van der Waals surface area contributed by atoms with Gasteiger partial charge in [0.15, 0.2) is 0 Å². The van der Waals surface area contributed by atoms with E-state index in [1.165, 1.54) is 19.1 Å². The van der Waals surface area contributed by atoms with Gasteiger partial charge in [-0.25, -0.2) is 4.79 Å². The van der Waals surface area contributed by atoms with Gasteiger partial charge in [-0.15, -0.1) is 0 Å². The molecule has 0 aromatic heterocycles. The van der Waals surface area contributed by atoms with Crippen molar-refractivity contribution in [1.82, 2.24) is 5.32 Å². The van der Waals surface area contributed by atoms with E-state index in [1.807, 2.05) is 0 Å². The average Bonchev–Trinajstić information content (AvgIpc) is 2.42. The van der Waals surface area contributed by atoms with Crippen LogP contribution in [0.4, 0.5) is 5.69 Å². The summed E-state index contributed by atoms with van der Waals surface area (Å²) in [6.07, 6.45) is 0.258. The second-order valence-corrected chi connectivity index (χ2v) is 5.60. The van der Waals surface area contributed by atoms with E-state index in [0.717, 1.165) is 0 Å². The van der Waals surface area contributed by atoms with Crippen molar-refractivity contribution in [3.8, 4) is 5.75 Å². The van der Waals surface area contributed by atoms with E-state index >= 15 is 0 Å². The van der Waals surface area contributed by atoms with Crippen molar-refractivity contribution < 1.29 is 19.4 Å². The molecule has 0 radical (unpaired) electrons. The smallest absolute Gasteiger partial charge is 0.329 e. The molecule has 1 rings (SSSR count). The standard InChI is InChI=1S/C14H19BrN2O4/c1-4-14(3,13(19)20)17-12(18)8-6-9(15)10(16)7-11(8)21-5-2/h6-7H,4-5,16H2,1-3H3,(H,17,18)(H,19,20). The van der Waals surface area contributed by atoms with Crippen LogP contribution in [-0.4, -0.2) is 29.1 Å². The number of rotatable bonds is 6. The van der Waals surface area contributed by atoms with Crippen LogP contribution >= 0.6 is 15.9 Å². The van der Waals surface area contributed by atoms with Crippen LogP contribution in [0.25, 0.3) is 0 Å². The molecule has 0 saturated carbocycles. The summed E-state index contributed by atoms with van der Waals surface area (Å²) in [7, 11) is 0. The van der Waals surface area contributed by atoms with E-state index in [1.54, 1.807) is 13.8 Å². The third-order valence-electron chi connectivity index (χ3n) is 3.21. The lowest BCUT2D eigenvalue weighted by molar-refractivity contribution is -0.143. The largest absolute Gasteiger partial charge is 0.493 e. The highest BCUT2D eigenvalue weighted by molar-refractivity contribution is 9.10. The number of anilines is 1. The number of carbonyl (C=O) groups is 2. The summed E-state index contributed by atoms with van der Waals surface area (Å²) >= 11 is 3.25. The molecule has 0 fully saturated rings. The number of carboxylic acids is 1. The minimum absolute atomic E-state index is 0.235. The zero-order chi connectivity index (χ0) is 16.2. The first kappa shape index (κ1) is 17.3. The molecule has 0 heterocycles. The number of amides is 1. The SMILES string of the molecule is CCOc1cc(N)c(Br)cc1C(=O)NC(C)(CC)C(=O)O. The lowest BCUT2D eigenvalue weighted by Gasteiger charge is -2.25. The van der Waals surface area contributed by atoms with E-state index in [4.69, 9.17) is 10.5 Å². The molecular weight excluding hydrogens is 340 g/mol. The number of nitrogen functional groups attached to an aromatic ring is 1. The summed E-state index contributed by atoms with van der Waals surface area (Å²) in [5.41, 5.74) is 5.10. The molecule has 1 amide bonds. The van der Waals surface area contributed by atoms with Gasteiger partial charge < -0.3 is 20.9 Å². The number of ether oxygens (including phenoxy) is 1. The molecule has 0 aliphatic carbocycles. The maximum atomic E-state index is 12.4. The second-order valence-electron chi connectivity index (χ2n) is 4.75. The van der Waals surface area contributed by atoms with Crippen molar-refractivity contribution in [2.75, 3.05) is 12.3 Å². The molecule has 1 aromatic carbocycles. The van der Waals surface area contributed by atoms with Crippen LogP contribution < -0.4 is 15.8 Å². The Hall–Kier alpha value is -1.76. The number of carbonyl (C=O) groups excluding carboxylic acids is 1. The van der Waals surface area contributed by atoms with Crippen LogP contribution in [0.2, 0.25) is 0 Å². The number of halogens is 1. The molecule has 0 aliphatic heterocycles. The van der Waals surface area contributed by atoms with E-state index < -0.39 is 17.4 Å². The number of carboxylic acid groups (broad SMARTS) is 1.